The van der Waals surface area contributed by atoms with Gasteiger partial charge < -0.3 is 4.74 Å². The van der Waals surface area contributed by atoms with E-state index in [-0.39, 0.29) is 5.97 Å². The second kappa shape index (κ2) is 9.35. The molecule has 1 unspecified atom stereocenters. The average Bonchev–Trinajstić information content (AvgIpc) is 2.39. The minimum atomic E-state index is -0.132. The van der Waals surface area contributed by atoms with Crippen LogP contribution in [-0.2, 0) is 4.79 Å². The number of allylic oxidation sites excluding steroid dienone is 2. The van der Waals surface area contributed by atoms with E-state index in [1.54, 1.807) is 12.1 Å². The fourth-order valence-electron chi connectivity index (χ4n) is 2.07. The fraction of sp³-hybridized carbons (Fsp3) is 0.500. The van der Waals surface area contributed by atoms with Gasteiger partial charge in [-0.15, -0.1) is 0 Å². The van der Waals surface area contributed by atoms with E-state index in [1.165, 1.54) is 12.0 Å². The van der Waals surface area contributed by atoms with Crippen LogP contribution in [0.1, 0.15) is 52.9 Å². The summed E-state index contributed by atoms with van der Waals surface area (Å²) in [5.41, 5.74) is 1.38. The molecule has 0 aliphatic heterocycles. The number of para-hydroxylation sites is 1. The van der Waals surface area contributed by atoms with Crippen molar-refractivity contribution in [2.75, 3.05) is 0 Å². The van der Waals surface area contributed by atoms with Gasteiger partial charge in [-0.05, 0) is 51.2 Å². The SMILES string of the molecule is CC(C)=CCCC(C)CCCC(=O)Oc1ccccc1. The third kappa shape index (κ3) is 7.78. The standard InChI is InChI=1S/C18H26O2/c1-15(2)9-7-10-16(3)11-8-14-18(19)20-17-12-5-4-6-13-17/h4-6,9,12-13,16H,7-8,10-11,14H2,1-3H3. The van der Waals surface area contributed by atoms with Crippen molar-refractivity contribution < 1.29 is 9.53 Å². The molecule has 0 amide bonds. The molecular weight excluding hydrogens is 248 g/mol. The van der Waals surface area contributed by atoms with Gasteiger partial charge in [0.25, 0.3) is 0 Å². The molecule has 110 valence electrons. The Hall–Kier alpha value is -1.57. The summed E-state index contributed by atoms with van der Waals surface area (Å²) in [7, 11) is 0. The van der Waals surface area contributed by atoms with Crippen LogP contribution in [0, 0.1) is 5.92 Å². The monoisotopic (exact) mass is 274 g/mol. The number of carbonyl (C=O) groups is 1. The summed E-state index contributed by atoms with van der Waals surface area (Å²) in [6.07, 6.45) is 7.10. The van der Waals surface area contributed by atoms with E-state index in [0.29, 0.717) is 18.1 Å². The van der Waals surface area contributed by atoms with Crippen molar-refractivity contribution in [1.29, 1.82) is 0 Å². The molecule has 0 fully saturated rings. The Balaban J connectivity index is 2.14. The molecule has 0 radical (unpaired) electrons. The van der Waals surface area contributed by atoms with Crippen LogP contribution in [0.15, 0.2) is 42.0 Å². The molecule has 0 N–H and O–H groups in total. The highest BCUT2D eigenvalue weighted by molar-refractivity contribution is 5.72. The highest BCUT2D eigenvalue weighted by atomic mass is 16.5. The Bertz CT molecular complexity index is 416. The highest BCUT2D eigenvalue weighted by Gasteiger charge is 2.07. The van der Waals surface area contributed by atoms with E-state index < -0.39 is 0 Å². The first-order valence-corrected chi connectivity index (χ1v) is 7.47. The van der Waals surface area contributed by atoms with Crippen molar-refractivity contribution in [1.82, 2.24) is 0 Å². The maximum Gasteiger partial charge on any atom is 0.311 e. The maximum atomic E-state index is 11.7. The number of carbonyl (C=O) groups excluding carboxylic acids is 1. The van der Waals surface area contributed by atoms with Crippen molar-refractivity contribution in [3.8, 4) is 5.75 Å². The number of ether oxygens (including phenoxy) is 1. The quantitative estimate of drug-likeness (QED) is 0.372. The number of rotatable bonds is 8. The van der Waals surface area contributed by atoms with Crippen LogP contribution in [0.3, 0.4) is 0 Å². The average molecular weight is 274 g/mol. The molecule has 0 aliphatic rings. The lowest BCUT2D eigenvalue weighted by Gasteiger charge is -2.09. The molecule has 1 aromatic carbocycles. The molecule has 0 aliphatic carbocycles. The van der Waals surface area contributed by atoms with Crippen molar-refractivity contribution in [2.45, 2.75) is 52.9 Å². The second-order valence-corrected chi connectivity index (χ2v) is 5.64. The molecule has 0 saturated carbocycles. The zero-order valence-corrected chi connectivity index (χ0v) is 12.9. The molecule has 0 spiro atoms. The Labute approximate surface area is 122 Å². The van der Waals surface area contributed by atoms with Crippen molar-refractivity contribution in [2.24, 2.45) is 5.92 Å². The van der Waals surface area contributed by atoms with Gasteiger partial charge in [0.2, 0.25) is 0 Å². The third-order valence-corrected chi connectivity index (χ3v) is 3.26. The maximum absolute atomic E-state index is 11.7. The van der Waals surface area contributed by atoms with E-state index in [9.17, 15) is 4.79 Å². The minimum absolute atomic E-state index is 0.132. The number of hydrogen-bond donors (Lipinski definition) is 0. The topological polar surface area (TPSA) is 26.3 Å². The van der Waals surface area contributed by atoms with E-state index in [4.69, 9.17) is 4.74 Å². The molecule has 0 heterocycles. The van der Waals surface area contributed by atoms with Crippen molar-refractivity contribution in [3.63, 3.8) is 0 Å². The summed E-state index contributed by atoms with van der Waals surface area (Å²) in [5, 5.41) is 0. The van der Waals surface area contributed by atoms with Gasteiger partial charge in [0, 0.05) is 6.42 Å². The summed E-state index contributed by atoms with van der Waals surface area (Å²) in [6, 6.07) is 9.26. The normalized spacial score (nSPS) is 11.8. The van der Waals surface area contributed by atoms with Gasteiger partial charge in [-0.1, -0.05) is 43.2 Å². The number of hydrogen-bond acceptors (Lipinski definition) is 2. The Morgan fingerprint density at radius 1 is 1.20 bits per heavy atom. The highest BCUT2D eigenvalue weighted by Crippen LogP contribution is 2.16. The van der Waals surface area contributed by atoms with Crippen LogP contribution in [0.5, 0.6) is 5.75 Å². The summed E-state index contributed by atoms with van der Waals surface area (Å²) in [6.45, 7) is 6.51. The van der Waals surface area contributed by atoms with Crippen LogP contribution < -0.4 is 4.74 Å². The Morgan fingerprint density at radius 3 is 2.55 bits per heavy atom. The molecule has 0 aromatic heterocycles. The summed E-state index contributed by atoms with van der Waals surface area (Å²) >= 11 is 0. The fourth-order valence-corrected chi connectivity index (χ4v) is 2.07. The second-order valence-electron chi connectivity index (χ2n) is 5.64. The largest absolute Gasteiger partial charge is 0.427 e. The molecule has 0 bridgehead atoms. The minimum Gasteiger partial charge on any atom is -0.427 e. The van der Waals surface area contributed by atoms with Crippen LogP contribution in [0.25, 0.3) is 0 Å². The van der Waals surface area contributed by atoms with Crippen molar-refractivity contribution in [3.05, 3.63) is 42.0 Å². The molecule has 2 nitrogen and oxygen atoms in total. The first kappa shape index (κ1) is 16.5. The summed E-state index contributed by atoms with van der Waals surface area (Å²) in [4.78, 5) is 11.7. The lowest BCUT2D eigenvalue weighted by atomic mass is 9.98. The van der Waals surface area contributed by atoms with Gasteiger partial charge in [-0.2, -0.15) is 0 Å². The van der Waals surface area contributed by atoms with Crippen LogP contribution in [0.2, 0.25) is 0 Å². The Kier molecular flexibility index (Phi) is 7.71. The molecule has 1 aromatic rings. The van der Waals surface area contributed by atoms with Gasteiger partial charge in [-0.3, -0.25) is 4.79 Å². The van der Waals surface area contributed by atoms with E-state index >= 15 is 0 Å². The van der Waals surface area contributed by atoms with Gasteiger partial charge in [-0.25, -0.2) is 0 Å². The number of benzene rings is 1. The van der Waals surface area contributed by atoms with E-state index in [2.05, 4.69) is 26.8 Å². The predicted octanol–water partition coefficient (Wildman–Crippen LogP) is 5.14. The van der Waals surface area contributed by atoms with E-state index in [0.717, 1.165) is 19.3 Å². The van der Waals surface area contributed by atoms with Crippen LogP contribution >= 0.6 is 0 Å². The zero-order chi connectivity index (χ0) is 14.8. The van der Waals surface area contributed by atoms with Gasteiger partial charge in [0.15, 0.2) is 0 Å². The van der Waals surface area contributed by atoms with E-state index in [1.807, 2.05) is 18.2 Å². The summed E-state index contributed by atoms with van der Waals surface area (Å²) in [5.74, 6) is 1.16. The lowest BCUT2D eigenvalue weighted by molar-refractivity contribution is -0.134. The van der Waals surface area contributed by atoms with Crippen LogP contribution in [-0.4, -0.2) is 5.97 Å². The van der Waals surface area contributed by atoms with Gasteiger partial charge in [0.1, 0.15) is 5.75 Å². The first-order valence-electron chi connectivity index (χ1n) is 7.47. The van der Waals surface area contributed by atoms with Crippen LogP contribution in [0.4, 0.5) is 0 Å². The summed E-state index contributed by atoms with van der Waals surface area (Å²) < 4.78 is 5.26. The molecule has 2 heteroatoms. The van der Waals surface area contributed by atoms with Crippen molar-refractivity contribution >= 4 is 5.97 Å². The molecule has 1 atom stereocenters. The molecule has 1 rings (SSSR count). The lowest BCUT2D eigenvalue weighted by Crippen LogP contribution is -2.08. The number of esters is 1. The predicted molar refractivity (Wildman–Crippen MR) is 83.8 cm³/mol. The molecule has 0 saturated heterocycles. The smallest absolute Gasteiger partial charge is 0.311 e. The zero-order valence-electron chi connectivity index (χ0n) is 12.9. The molecular formula is C18H26O2. The Morgan fingerprint density at radius 2 is 1.90 bits per heavy atom. The first-order chi connectivity index (χ1) is 9.58. The van der Waals surface area contributed by atoms with Gasteiger partial charge in [0.05, 0.1) is 0 Å². The third-order valence-electron chi connectivity index (χ3n) is 3.26. The molecule has 20 heavy (non-hydrogen) atoms. The van der Waals surface area contributed by atoms with Gasteiger partial charge >= 0.3 is 5.97 Å².